The van der Waals surface area contributed by atoms with Gasteiger partial charge in [-0.2, -0.15) is 0 Å². The highest BCUT2D eigenvalue weighted by molar-refractivity contribution is 9.10. The van der Waals surface area contributed by atoms with Crippen LogP contribution < -0.4 is 5.73 Å². The van der Waals surface area contributed by atoms with E-state index in [9.17, 15) is 0 Å². The van der Waals surface area contributed by atoms with Gasteiger partial charge in [-0.05, 0) is 30.3 Å². The number of hydrogen-bond acceptors (Lipinski definition) is 3. The first-order chi connectivity index (χ1) is 9.04. The summed E-state index contributed by atoms with van der Waals surface area (Å²) < 4.78 is 7.97. The molecule has 0 amide bonds. The van der Waals surface area contributed by atoms with Crippen LogP contribution in [0.25, 0.3) is 11.0 Å². The Kier molecular flexibility index (Phi) is 3.62. The van der Waals surface area contributed by atoms with Gasteiger partial charge < -0.3 is 10.2 Å². The standard InChI is InChI=1S/C13H8BrCl2NOS/c14-7-1-2-9-6(3-7)4-10(18-9)12(17)8-5-11(15)19-13(8)16/h1-5,12H,17H2. The van der Waals surface area contributed by atoms with Crippen LogP contribution in [0.2, 0.25) is 8.67 Å². The third-order valence-electron chi connectivity index (χ3n) is 2.82. The van der Waals surface area contributed by atoms with Gasteiger partial charge in [-0.1, -0.05) is 39.1 Å². The highest BCUT2D eigenvalue weighted by atomic mass is 79.9. The average Bonchev–Trinajstić information content (AvgIpc) is 2.91. The molecule has 0 spiro atoms. The number of fused-ring (bicyclic) bond motifs is 1. The maximum Gasteiger partial charge on any atom is 0.134 e. The molecule has 0 saturated carbocycles. The minimum absolute atomic E-state index is 0.414. The van der Waals surface area contributed by atoms with E-state index in [1.165, 1.54) is 11.3 Å². The number of benzene rings is 1. The molecule has 2 heterocycles. The van der Waals surface area contributed by atoms with Crippen molar-refractivity contribution < 1.29 is 4.42 Å². The zero-order valence-electron chi connectivity index (χ0n) is 9.49. The van der Waals surface area contributed by atoms with Gasteiger partial charge in [0, 0.05) is 15.4 Å². The summed E-state index contributed by atoms with van der Waals surface area (Å²) in [5.41, 5.74) is 7.77. The van der Waals surface area contributed by atoms with Crippen LogP contribution in [0.3, 0.4) is 0 Å². The largest absolute Gasteiger partial charge is 0.459 e. The van der Waals surface area contributed by atoms with E-state index in [0.717, 1.165) is 21.0 Å². The second-order valence-corrected chi connectivity index (χ2v) is 7.29. The van der Waals surface area contributed by atoms with Crippen molar-refractivity contribution in [2.75, 3.05) is 0 Å². The third kappa shape index (κ3) is 2.56. The van der Waals surface area contributed by atoms with E-state index >= 15 is 0 Å². The first kappa shape index (κ1) is 13.5. The highest BCUT2D eigenvalue weighted by Gasteiger charge is 2.19. The summed E-state index contributed by atoms with van der Waals surface area (Å²) in [5.74, 6) is 0.671. The van der Waals surface area contributed by atoms with Crippen LogP contribution in [0.1, 0.15) is 17.4 Å². The maximum atomic E-state index is 6.19. The molecule has 3 rings (SSSR count). The van der Waals surface area contributed by atoms with Crippen molar-refractivity contribution in [3.63, 3.8) is 0 Å². The van der Waals surface area contributed by atoms with Crippen molar-refractivity contribution >= 4 is 61.4 Å². The molecule has 0 aliphatic carbocycles. The predicted octanol–water partition coefficient (Wildman–Crippen LogP) is 5.61. The van der Waals surface area contributed by atoms with Crippen LogP contribution in [0.4, 0.5) is 0 Å². The number of nitrogens with two attached hydrogens (primary N) is 1. The molecule has 1 aromatic carbocycles. The summed E-state index contributed by atoms with van der Waals surface area (Å²) in [6.45, 7) is 0. The number of rotatable bonds is 2. The molecule has 19 heavy (non-hydrogen) atoms. The molecule has 0 fully saturated rings. The van der Waals surface area contributed by atoms with Crippen molar-refractivity contribution in [3.05, 3.63) is 54.8 Å². The summed E-state index contributed by atoms with van der Waals surface area (Å²) in [4.78, 5) is 0. The van der Waals surface area contributed by atoms with Crippen molar-refractivity contribution in [1.82, 2.24) is 0 Å². The van der Waals surface area contributed by atoms with E-state index in [4.69, 9.17) is 33.4 Å². The SMILES string of the molecule is NC(c1cc2cc(Br)ccc2o1)c1cc(Cl)sc1Cl. The molecule has 2 aromatic heterocycles. The molecule has 0 bridgehead atoms. The normalized spacial score (nSPS) is 13.1. The fourth-order valence-electron chi connectivity index (χ4n) is 1.91. The van der Waals surface area contributed by atoms with Gasteiger partial charge in [0.1, 0.15) is 11.3 Å². The highest BCUT2D eigenvalue weighted by Crippen LogP contribution is 2.37. The second-order valence-electron chi connectivity index (χ2n) is 4.09. The quantitative estimate of drug-likeness (QED) is 0.631. The van der Waals surface area contributed by atoms with Gasteiger partial charge in [0.2, 0.25) is 0 Å². The molecule has 2 N–H and O–H groups in total. The molecule has 98 valence electrons. The van der Waals surface area contributed by atoms with E-state index in [-0.39, 0.29) is 0 Å². The van der Waals surface area contributed by atoms with Gasteiger partial charge in [0.15, 0.2) is 0 Å². The maximum absolute atomic E-state index is 6.19. The minimum Gasteiger partial charge on any atom is -0.459 e. The van der Waals surface area contributed by atoms with Gasteiger partial charge in [-0.15, -0.1) is 11.3 Å². The van der Waals surface area contributed by atoms with Gasteiger partial charge in [0.25, 0.3) is 0 Å². The Labute approximate surface area is 132 Å². The van der Waals surface area contributed by atoms with Crippen LogP contribution in [0.15, 0.2) is 39.2 Å². The van der Waals surface area contributed by atoms with Crippen molar-refractivity contribution in [2.45, 2.75) is 6.04 Å². The van der Waals surface area contributed by atoms with Gasteiger partial charge in [-0.3, -0.25) is 0 Å². The molecular weight excluding hydrogens is 369 g/mol. The lowest BCUT2D eigenvalue weighted by molar-refractivity contribution is 0.525. The lowest BCUT2D eigenvalue weighted by atomic mass is 10.1. The smallest absolute Gasteiger partial charge is 0.134 e. The topological polar surface area (TPSA) is 39.2 Å². The van der Waals surface area contributed by atoms with Crippen LogP contribution in [0, 0.1) is 0 Å². The average molecular weight is 377 g/mol. The predicted molar refractivity (Wildman–Crippen MR) is 84.3 cm³/mol. The summed E-state index contributed by atoms with van der Waals surface area (Å²) in [5, 5.41) is 0.997. The Morgan fingerprint density at radius 3 is 2.68 bits per heavy atom. The van der Waals surface area contributed by atoms with Crippen molar-refractivity contribution in [1.29, 1.82) is 0 Å². The fraction of sp³-hybridized carbons (Fsp3) is 0.0769. The fourth-order valence-corrected chi connectivity index (χ4v) is 3.83. The van der Waals surface area contributed by atoms with Crippen molar-refractivity contribution in [3.8, 4) is 0 Å². The first-order valence-electron chi connectivity index (χ1n) is 5.44. The van der Waals surface area contributed by atoms with Crippen LogP contribution in [-0.4, -0.2) is 0 Å². The van der Waals surface area contributed by atoms with Crippen molar-refractivity contribution in [2.24, 2.45) is 5.73 Å². The summed E-state index contributed by atoms with van der Waals surface area (Å²) >= 11 is 16.8. The Hall–Kier alpha value is -0.520. The van der Waals surface area contributed by atoms with E-state index in [1.807, 2.05) is 24.3 Å². The monoisotopic (exact) mass is 375 g/mol. The summed E-state index contributed by atoms with van der Waals surface area (Å²) in [7, 11) is 0. The van der Waals surface area contributed by atoms with Crippen LogP contribution in [0.5, 0.6) is 0 Å². The van der Waals surface area contributed by atoms with E-state index in [0.29, 0.717) is 14.4 Å². The number of furan rings is 1. The Morgan fingerprint density at radius 2 is 2.00 bits per heavy atom. The molecule has 1 unspecified atom stereocenters. The lowest BCUT2D eigenvalue weighted by Gasteiger charge is -2.06. The molecular formula is C13H8BrCl2NOS. The van der Waals surface area contributed by atoms with Gasteiger partial charge >= 0.3 is 0 Å². The Bertz CT molecular complexity index is 752. The number of halogens is 3. The minimum atomic E-state index is -0.414. The van der Waals surface area contributed by atoms with Crippen LogP contribution >= 0.6 is 50.5 Å². The number of thiophene rings is 1. The van der Waals surface area contributed by atoms with E-state index in [2.05, 4.69) is 15.9 Å². The van der Waals surface area contributed by atoms with E-state index in [1.54, 1.807) is 6.07 Å². The zero-order valence-corrected chi connectivity index (χ0v) is 13.4. The second kappa shape index (κ2) is 5.11. The summed E-state index contributed by atoms with van der Waals surface area (Å²) in [6, 6.07) is 9.10. The third-order valence-corrected chi connectivity index (χ3v) is 4.83. The van der Waals surface area contributed by atoms with E-state index < -0.39 is 6.04 Å². The number of hydrogen-bond donors (Lipinski definition) is 1. The molecule has 0 aliphatic rings. The lowest BCUT2D eigenvalue weighted by Crippen LogP contribution is -2.10. The molecule has 0 radical (unpaired) electrons. The molecule has 6 heteroatoms. The molecule has 0 aliphatic heterocycles. The Balaban J connectivity index is 2.06. The van der Waals surface area contributed by atoms with Gasteiger partial charge in [0.05, 0.1) is 14.7 Å². The molecule has 0 saturated heterocycles. The Morgan fingerprint density at radius 1 is 1.21 bits per heavy atom. The van der Waals surface area contributed by atoms with Gasteiger partial charge in [-0.25, -0.2) is 0 Å². The van der Waals surface area contributed by atoms with Crippen LogP contribution in [-0.2, 0) is 0 Å². The molecule has 1 atom stereocenters. The molecule has 2 nitrogen and oxygen atoms in total. The first-order valence-corrected chi connectivity index (χ1v) is 7.80. The zero-order chi connectivity index (χ0) is 13.6. The summed E-state index contributed by atoms with van der Waals surface area (Å²) in [6.07, 6.45) is 0. The molecule has 3 aromatic rings.